The third-order valence-corrected chi connectivity index (χ3v) is 7.06. The number of benzene rings is 2. The summed E-state index contributed by atoms with van der Waals surface area (Å²) in [7, 11) is 0. The van der Waals surface area contributed by atoms with Gasteiger partial charge in [-0.25, -0.2) is 4.79 Å². The number of nitrogens with zero attached hydrogens (tertiary/aromatic N) is 1. The molecule has 6 heteroatoms. The lowest BCUT2D eigenvalue weighted by atomic mass is 10.2. The standard InChI is InChI=1S/C26H26NO3S2/c1-3-30-25(29)24(27-16-14-20(2)15-17-27)26(31-18-21-10-6-4-7-11-21)32-19-23(28)22-12-8-5-9-13-22/h4-17H,3,18-19H2,1-2H3/q+1/b26-24-. The van der Waals surface area contributed by atoms with Crippen molar-refractivity contribution in [2.75, 3.05) is 12.4 Å². The topological polar surface area (TPSA) is 47.3 Å². The Labute approximate surface area is 197 Å². The maximum Gasteiger partial charge on any atom is 0.405 e. The molecule has 0 aliphatic carbocycles. The van der Waals surface area contributed by atoms with Gasteiger partial charge in [0.15, 0.2) is 18.2 Å². The van der Waals surface area contributed by atoms with Crippen molar-refractivity contribution in [2.24, 2.45) is 0 Å². The van der Waals surface area contributed by atoms with Crippen LogP contribution >= 0.6 is 23.5 Å². The fraction of sp³-hybridized carbons (Fsp3) is 0.192. The van der Waals surface area contributed by atoms with E-state index in [0.717, 1.165) is 15.4 Å². The zero-order valence-electron chi connectivity index (χ0n) is 18.2. The minimum Gasteiger partial charge on any atom is -0.458 e. The number of aryl methyl sites for hydroxylation is 1. The average molecular weight is 465 g/mol. The van der Waals surface area contributed by atoms with Crippen molar-refractivity contribution >= 4 is 41.0 Å². The number of carbonyl (C=O) groups excluding carboxylic acids is 2. The SMILES string of the molecule is CCOC(=O)/C(=C(/SCC(=O)c1ccccc1)SCc1ccccc1)[n+]1ccc(C)cc1. The lowest BCUT2D eigenvalue weighted by Gasteiger charge is -2.10. The predicted molar refractivity (Wildman–Crippen MR) is 132 cm³/mol. The Morgan fingerprint density at radius 1 is 0.875 bits per heavy atom. The molecule has 0 aliphatic rings. The molecule has 3 aromatic rings. The fourth-order valence-corrected chi connectivity index (χ4v) is 5.14. The molecule has 0 bridgehead atoms. The number of ether oxygens (including phenoxy) is 1. The van der Waals surface area contributed by atoms with E-state index in [1.807, 2.05) is 92.1 Å². The van der Waals surface area contributed by atoms with Gasteiger partial charge in [0.1, 0.15) is 4.24 Å². The molecule has 0 atom stereocenters. The minimum atomic E-state index is -0.406. The number of pyridine rings is 1. The van der Waals surface area contributed by atoms with E-state index in [1.54, 1.807) is 23.3 Å². The van der Waals surface area contributed by atoms with Crippen molar-refractivity contribution in [3.05, 3.63) is 106 Å². The van der Waals surface area contributed by atoms with E-state index >= 15 is 0 Å². The third-order valence-electron chi connectivity index (χ3n) is 4.56. The van der Waals surface area contributed by atoms with Crippen LogP contribution in [0.4, 0.5) is 0 Å². The van der Waals surface area contributed by atoms with Gasteiger partial charge in [0.25, 0.3) is 0 Å². The van der Waals surface area contributed by atoms with E-state index in [2.05, 4.69) is 0 Å². The molecular formula is C26H26NO3S2+. The number of ketones is 1. The number of rotatable bonds is 10. The van der Waals surface area contributed by atoms with Crippen molar-refractivity contribution < 1.29 is 18.9 Å². The van der Waals surface area contributed by atoms with E-state index in [4.69, 9.17) is 4.74 Å². The number of esters is 1. The molecule has 164 valence electrons. The number of aromatic nitrogens is 1. The van der Waals surface area contributed by atoms with Gasteiger partial charge in [0.05, 0.1) is 12.4 Å². The molecule has 0 unspecified atom stereocenters. The first-order valence-corrected chi connectivity index (χ1v) is 12.3. The highest BCUT2D eigenvalue weighted by molar-refractivity contribution is 8.22. The van der Waals surface area contributed by atoms with Crippen LogP contribution in [-0.2, 0) is 15.3 Å². The van der Waals surface area contributed by atoms with Crippen LogP contribution in [-0.4, -0.2) is 24.1 Å². The summed E-state index contributed by atoms with van der Waals surface area (Å²) in [5.41, 5.74) is 3.32. The summed E-state index contributed by atoms with van der Waals surface area (Å²) in [6.45, 7) is 4.06. The molecule has 0 radical (unpaired) electrons. The first-order chi connectivity index (χ1) is 15.6. The molecule has 0 saturated carbocycles. The second-order valence-electron chi connectivity index (χ2n) is 6.99. The summed E-state index contributed by atoms with van der Waals surface area (Å²) in [4.78, 5) is 25.7. The Morgan fingerprint density at radius 3 is 2.12 bits per heavy atom. The van der Waals surface area contributed by atoms with Gasteiger partial charge < -0.3 is 4.74 Å². The summed E-state index contributed by atoms with van der Waals surface area (Å²) >= 11 is 2.92. The average Bonchev–Trinajstić information content (AvgIpc) is 2.83. The quantitative estimate of drug-likeness (QED) is 0.171. The van der Waals surface area contributed by atoms with Gasteiger partial charge in [-0.15, -0.1) is 23.5 Å². The maximum atomic E-state index is 13.0. The molecule has 0 aliphatic heterocycles. The van der Waals surface area contributed by atoms with E-state index in [-0.39, 0.29) is 18.1 Å². The predicted octanol–water partition coefficient (Wildman–Crippen LogP) is 5.52. The number of carbonyl (C=O) groups is 2. The normalized spacial score (nSPS) is 11.6. The summed E-state index contributed by atoms with van der Waals surface area (Å²) in [6, 6.07) is 23.2. The van der Waals surface area contributed by atoms with Gasteiger partial charge in [0.2, 0.25) is 0 Å². The van der Waals surface area contributed by atoms with Crippen LogP contribution in [0.5, 0.6) is 0 Å². The summed E-state index contributed by atoms with van der Waals surface area (Å²) in [6.07, 6.45) is 3.70. The van der Waals surface area contributed by atoms with Crippen molar-refractivity contribution in [1.82, 2.24) is 0 Å². The molecule has 32 heavy (non-hydrogen) atoms. The van der Waals surface area contributed by atoms with Gasteiger partial charge in [-0.3, -0.25) is 4.79 Å². The van der Waals surface area contributed by atoms with E-state index in [0.29, 0.717) is 17.0 Å². The van der Waals surface area contributed by atoms with Crippen LogP contribution in [0.25, 0.3) is 5.70 Å². The Hall–Kier alpha value is -2.83. The van der Waals surface area contributed by atoms with Crippen LogP contribution < -0.4 is 4.57 Å². The van der Waals surface area contributed by atoms with Gasteiger partial charge in [-0.05, 0) is 25.0 Å². The molecule has 3 rings (SSSR count). The summed E-state index contributed by atoms with van der Waals surface area (Å²) in [5.74, 6) is 0.524. The van der Waals surface area contributed by atoms with Crippen LogP contribution in [0.1, 0.15) is 28.4 Å². The van der Waals surface area contributed by atoms with E-state index in [9.17, 15) is 9.59 Å². The first-order valence-electron chi connectivity index (χ1n) is 10.4. The molecule has 0 spiro atoms. The van der Waals surface area contributed by atoms with Gasteiger partial charge >= 0.3 is 11.7 Å². The number of Topliss-reactive ketones (excluding diaryl/α,β-unsaturated/α-hetero) is 1. The van der Waals surface area contributed by atoms with Crippen LogP contribution in [0.15, 0.2) is 89.4 Å². The second-order valence-corrected chi connectivity index (χ2v) is 9.22. The Bertz CT molecular complexity index is 1070. The molecule has 0 N–H and O–H groups in total. The number of thioether (sulfide) groups is 2. The molecule has 1 heterocycles. The Balaban J connectivity index is 1.94. The first kappa shape index (κ1) is 23.8. The lowest BCUT2D eigenvalue weighted by molar-refractivity contribution is -0.578. The molecule has 4 nitrogen and oxygen atoms in total. The number of hydrogen-bond acceptors (Lipinski definition) is 5. The maximum absolute atomic E-state index is 13.0. The fourth-order valence-electron chi connectivity index (χ4n) is 2.88. The monoisotopic (exact) mass is 464 g/mol. The van der Waals surface area contributed by atoms with E-state index in [1.165, 1.54) is 11.8 Å². The van der Waals surface area contributed by atoms with Gasteiger partial charge in [-0.1, -0.05) is 60.7 Å². The minimum absolute atomic E-state index is 0.0190. The van der Waals surface area contributed by atoms with Crippen LogP contribution in [0.3, 0.4) is 0 Å². The Morgan fingerprint density at radius 2 is 1.50 bits per heavy atom. The summed E-state index contributed by atoms with van der Waals surface area (Å²) < 4.78 is 7.92. The highest BCUT2D eigenvalue weighted by Crippen LogP contribution is 2.35. The molecule has 0 fully saturated rings. The molecule has 0 saturated heterocycles. The third kappa shape index (κ3) is 6.84. The highest BCUT2D eigenvalue weighted by Gasteiger charge is 2.28. The zero-order valence-corrected chi connectivity index (χ0v) is 19.8. The van der Waals surface area contributed by atoms with Crippen molar-refractivity contribution in [3.63, 3.8) is 0 Å². The highest BCUT2D eigenvalue weighted by atomic mass is 32.2. The molecule has 2 aromatic carbocycles. The second kappa shape index (κ2) is 12.3. The van der Waals surface area contributed by atoms with Crippen molar-refractivity contribution in [2.45, 2.75) is 19.6 Å². The van der Waals surface area contributed by atoms with Gasteiger partial charge in [0, 0.05) is 23.4 Å². The zero-order chi connectivity index (χ0) is 22.8. The Kier molecular flexibility index (Phi) is 9.13. The smallest absolute Gasteiger partial charge is 0.405 e. The molecule has 0 amide bonds. The molecule has 1 aromatic heterocycles. The van der Waals surface area contributed by atoms with E-state index < -0.39 is 5.97 Å². The van der Waals surface area contributed by atoms with Crippen LogP contribution in [0, 0.1) is 6.92 Å². The lowest BCUT2D eigenvalue weighted by Crippen LogP contribution is -2.37. The van der Waals surface area contributed by atoms with Crippen molar-refractivity contribution in [1.29, 1.82) is 0 Å². The summed E-state index contributed by atoms with van der Waals surface area (Å²) in [5, 5.41) is 0. The van der Waals surface area contributed by atoms with Crippen molar-refractivity contribution in [3.8, 4) is 0 Å². The molecular weight excluding hydrogens is 438 g/mol. The van der Waals surface area contributed by atoms with Crippen LogP contribution in [0.2, 0.25) is 0 Å². The van der Waals surface area contributed by atoms with Gasteiger partial charge in [-0.2, -0.15) is 4.57 Å². The largest absolute Gasteiger partial charge is 0.458 e. The number of hydrogen-bond donors (Lipinski definition) is 0.